The topological polar surface area (TPSA) is 50.2 Å². The highest BCUT2D eigenvalue weighted by atomic mass is 19.4. The molecule has 0 saturated carbocycles. The largest absolute Gasteiger partial charge is 0.435 e. The second-order valence-corrected chi connectivity index (χ2v) is 5.67. The molecule has 0 aromatic carbocycles. The first-order valence-corrected chi connectivity index (χ1v) is 7.42. The van der Waals surface area contributed by atoms with Crippen LogP contribution in [0.1, 0.15) is 35.8 Å². The molecule has 0 radical (unpaired) electrons. The molecular weight excluding hydrogens is 297 g/mol. The number of nitrogens with zero attached hydrogens (tertiary/aromatic N) is 3. The normalized spacial score (nSPS) is 20.1. The fraction of sp³-hybridized carbons (Fsp3) is 0.714. The van der Waals surface area contributed by atoms with Gasteiger partial charge in [0.1, 0.15) is 0 Å². The number of hydrogen-bond acceptors (Lipinski definition) is 3. The number of nitrogens with one attached hydrogen (secondary N) is 1. The third-order valence-corrected chi connectivity index (χ3v) is 3.94. The van der Waals surface area contributed by atoms with E-state index in [2.05, 4.69) is 22.2 Å². The van der Waals surface area contributed by atoms with Crippen molar-refractivity contribution in [2.75, 3.05) is 26.2 Å². The minimum absolute atomic E-state index is 0.281. The van der Waals surface area contributed by atoms with E-state index in [1.807, 2.05) is 0 Å². The van der Waals surface area contributed by atoms with Crippen LogP contribution in [0.25, 0.3) is 0 Å². The van der Waals surface area contributed by atoms with E-state index in [4.69, 9.17) is 0 Å². The lowest BCUT2D eigenvalue weighted by Crippen LogP contribution is -2.40. The molecule has 1 amide bonds. The van der Waals surface area contributed by atoms with Gasteiger partial charge < -0.3 is 10.2 Å². The maximum atomic E-state index is 12.9. The zero-order valence-corrected chi connectivity index (χ0v) is 12.8. The van der Waals surface area contributed by atoms with E-state index >= 15 is 0 Å². The number of piperidine rings is 1. The Morgan fingerprint density at radius 3 is 2.86 bits per heavy atom. The van der Waals surface area contributed by atoms with Gasteiger partial charge >= 0.3 is 6.18 Å². The van der Waals surface area contributed by atoms with Gasteiger partial charge in [0.25, 0.3) is 5.91 Å². The molecule has 0 aliphatic carbocycles. The molecule has 1 aromatic rings. The van der Waals surface area contributed by atoms with E-state index in [0.717, 1.165) is 43.4 Å². The number of amides is 1. The molecule has 0 spiro atoms. The van der Waals surface area contributed by atoms with Gasteiger partial charge in [0.2, 0.25) is 0 Å². The summed E-state index contributed by atoms with van der Waals surface area (Å²) in [5.74, 6) is -0.433. The third-order valence-electron chi connectivity index (χ3n) is 3.94. The van der Waals surface area contributed by atoms with Crippen LogP contribution in [-0.2, 0) is 13.2 Å². The SMILES string of the molecule is CCN1CCC[C@H](CNC(=O)c2cn(C)nc2C(F)(F)F)C1. The number of carbonyl (C=O) groups is 1. The summed E-state index contributed by atoms with van der Waals surface area (Å²) in [7, 11) is 1.37. The minimum Gasteiger partial charge on any atom is -0.352 e. The van der Waals surface area contributed by atoms with Gasteiger partial charge in [0.05, 0.1) is 5.56 Å². The van der Waals surface area contributed by atoms with Crippen molar-refractivity contribution in [1.82, 2.24) is 20.0 Å². The molecule has 1 aliphatic rings. The Morgan fingerprint density at radius 2 is 2.23 bits per heavy atom. The first-order valence-electron chi connectivity index (χ1n) is 7.42. The molecule has 0 unspecified atom stereocenters. The van der Waals surface area contributed by atoms with Crippen LogP contribution in [0.4, 0.5) is 13.2 Å². The number of halogens is 3. The van der Waals surface area contributed by atoms with Gasteiger partial charge in [-0.2, -0.15) is 18.3 Å². The maximum absolute atomic E-state index is 12.9. The van der Waals surface area contributed by atoms with Crippen LogP contribution in [0, 0.1) is 5.92 Å². The van der Waals surface area contributed by atoms with Crippen molar-refractivity contribution in [3.63, 3.8) is 0 Å². The molecule has 2 rings (SSSR count). The van der Waals surface area contributed by atoms with Gasteiger partial charge in [0.15, 0.2) is 5.69 Å². The van der Waals surface area contributed by atoms with E-state index in [-0.39, 0.29) is 5.92 Å². The van der Waals surface area contributed by atoms with Crippen LogP contribution in [0.2, 0.25) is 0 Å². The summed E-state index contributed by atoms with van der Waals surface area (Å²) in [5, 5.41) is 5.97. The maximum Gasteiger partial charge on any atom is 0.435 e. The van der Waals surface area contributed by atoms with Gasteiger partial charge in [-0.1, -0.05) is 6.92 Å². The Hall–Kier alpha value is -1.57. The third kappa shape index (κ3) is 4.00. The van der Waals surface area contributed by atoms with Crippen molar-refractivity contribution in [2.45, 2.75) is 25.9 Å². The lowest BCUT2D eigenvalue weighted by molar-refractivity contribution is -0.141. The highest BCUT2D eigenvalue weighted by Crippen LogP contribution is 2.30. The number of carbonyl (C=O) groups excluding carboxylic acids is 1. The van der Waals surface area contributed by atoms with Gasteiger partial charge in [-0.3, -0.25) is 9.48 Å². The highest BCUT2D eigenvalue weighted by Gasteiger charge is 2.39. The zero-order chi connectivity index (χ0) is 16.3. The van der Waals surface area contributed by atoms with Crippen molar-refractivity contribution in [1.29, 1.82) is 0 Å². The second kappa shape index (κ2) is 6.68. The van der Waals surface area contributed by atoms with E-state index in [0.29, 0.717) is 6.54 Å². The molecule has 1 aliphatic heterocycles. The Kier molecular flexibility index (Phi) is 5.10. The van der Waals surface area contributed by atoms with E-state index in [9.17, 15) is 18.0 Å². The Labute approximate surface area is 127 Å². The molecule has 1 N–H and O–H groups in total. The van der Waals surface area contributed by atoms with Crippen molar-refractivity contribution in [3.05, 3.63) is 17.5 Å². The smallest absolute Gasteiger partial charge is 0.352 e. The van der Waals surface area contributed by atoms with Crippen LogP contribution < -0.4 is 5.32 Å². The van der Waals surface area contributed by atoms with Gasteiger partial charge in [-0.25, -0.2) is 0 Å². The van der Waals surface area contributed by atoms with Crippen molar-refractivity contribution in [2.24, 2.45) is 13.0 Å². The first kappa shape index (κ1) is 16.8. The summed E-state index contributed by atoms with van der Waals surface area (Å²) in [6.07, 6.45) is -1.49. The molecule has 5 nitrogen and oxygen atoms in total. The lowest BCUT2D eigenvalue weighted by Gasteiger charge is -2.31. The summed E-state index contributed by atoms with van der Waals surface area (Å²) in [5.41, 5.74) is -1.55. The molecule has 1 fully saturated rings. The Balaban J connectivity index is 1.98. The molecule has 0 bridgehead atoms. The van der Waals surface area contributed by atoms with Crippen molar-refractivity contribution in [3.8, 4) is 0 Å². The average molecular weight is 318 g/mol. The summed E-state index contributed by atoms with van der Waals surface area (Å²) < 4.78 is 39.6. The van der Waals surface area contributed by atoms with E-state index < -0.39 is 23.3 Å². The summed E-state index contributed by atoms with van der Waals surface area (Å²) >= 11 is 0. The molecule has 1 saturated heterocycles. The summed E-state index contributed by atoms with van der Waals surface area (Å²) in [6, 6.07) is 0. The van der Waals surface area contributed by atoms with Gasteiger partial charge in [-0.15, -0.1) is 0 Å². The van der Waals surface area contributed by atoms with Gasteiger partial charge in [0, 0.05) is 26.3 Å². The first-order chi connectivity index (χ1) is 10.3. The number of hydrogen-bond donors (Lipinski definition) is 1. The van der Waals surface area contributed by atoms with E-state index in [1.165, 1.54) is 7.05 Å². The molecule has 1 atom stereocenters. The number of likely N-dealkylation sites (tertiary alicyclic amines) is 1. The van der Waals surface area contributed by atoms with Crippen LogP contribution >= 0.6 is 0 Å². The number of rotatable bonds is 4. The molecule has 1 aromatic heterocycles. The highest BCUT2D eigenvalue weighted by molar-refractivity contribution is 5.95. The number of aromatic nitrogens is 2. The standard InChI is InChI=1S/C14H21F3N4O/c1-3-21-6-4-5-10(8-21)7-18-13(22)11-9-20(2)19-12(11)14(15,16)17/h9-10H,3-8H2,1-2H3,(H,18,22)/t10-/m1/s1. The lowest BCUT2D eigenvalue weighted by atomic mass is 9.98. The quantitative estimate of drug-likeness (QED) is 0.922. The predicted molar refractivity (Wildman–Crippen MR) is 75.4 cm³/mol. The molecule has 8 heteroatoms. The van der Waals surface area contributed by atoms with Crippen LogP contribution in [0.3, 0.4) is 0 Å². The van der Waals surface area contributed by atoms with Crippen molar-refractivity contribution < 1.29 is 18.0 Å². The summed E-state index contributed by atoms with van der Waals surface area (Å²) in [4.78, 5) is 14.3. The van der Waals surface area contributed by atoms with Crippen LogP contribution in [0.15, 0.2) is 6.20 Å². The molecule has 22 heavy (non-hydrogen) atoms. The Bertz CT molecular complexity index is 527. The minimum atomic E-state index is -4.63. The summed E-state index contributed by atoms with van der Waals surface area (Å²) in [6.45, 7) is 5.33. The zero-order valence-electron chi connectivity index (χ0n) is 12.8. The second-order valence-electron chi connectivity index (χ2n) is 5.67. The Morgan fingerprint density at radius 1 is 1.50 bits per heavy atom. The predicted octanol–water partition coefficient (Wildman–Crippen LogP) is 1.90. The van der Waals surface area contributed by atoms with Crippen molar-refractivity contribution >= 4 is 5.91 Å². The van der Waals surface area contributed by atoms with Gasteiger partial charge in [-0.05, 0) is 31.8 Å². The molecular formula is C14H21F3N4O. The fourth-order valence-electron chi connectivity index (χ4n) is 2.80. The van der Waals surface area contributed by atoms with Crippen LogP contribution in [-0.4, -0.2) is 46.8 Å². The monoisotopic (exact) mass is 318 g/mol. The molecule has 2 heterocycles. The van der Waals surface area contributed by atoms with E-state index in [1.54, 1.807) is 0 Å². The number of aryl methyl sites for hydroxylation is 1. The van der Waals surface area contributed by atoms with Crippen LogP contribution in [0.5, 0.6) is 0 Å². The fourth-order valence-corrected chi connectivity index (χ4v) is 2.80. The molecule has 124 valence electrons. The number of alkyl halides is 3. The average Bonchev–Trinajstić information content (AvgIpc) is 2.87.